The van der Waals surface area contributed by atoms with Gasteiger partial charge in [0.1, 0.15) is 0 Å². The van der Waals surface area contributed by atoms with Gasteiger partial charge in [0.25, 0.3) is 0 Å². The lowest BCUT2D eigenvalue weighted by Crippen LogP contribution is -2.27. The predicted molar refractivity (Wildman–Crippen MR) is 90.1 cm³/mol. The van der Waals surface area contributed by atoms with Crippen LogP contribution in [0.15, 0.2) is 29.2 Å². The Hall–Kier alpha value is -1.24. The van der Waals surface area contributed by atoms with Crippen molar-refractivity contribution in [2.24, 2.45) is 5.92 Å². The monoisotopic (exact) mass is 326 g/mol. The van der Waals surface area contributed by atoms with Crippen molar-refractivity contribution in [3.8, 4) is 0 Å². The third kappa shape index (κ3) is 8.26. The molecule has 1 aromatic carbocycles. The second kappa shape index (κ2) is 10.5. The summed E-state index contributed by atoms with van der Waals surface area (Å²) in [5, 5.41) is 11.0. The number of carboxylic acid groups (broad SMARTS) is 1. The summed E-state index contributed by atoms with van der Waals surface area (Å²) in [5.74, 6) is 0.563. The van der Waals surface area contributed by atoms with Gasteiger partial charge >= 0.3 is 6.09 Å². The molecule has 0 aliphatic heterocycles. The third-order valence-electron chi connectivity index (χ3n) is 2.90. The maximum atomic E-state index is 10.5. The highest BCUT2D eigenvalue weighted by Gasteiger charge is 2.09. The molecule has 0 radical (unpaired) electrons. The summed E-state index contributed by atoms with van der Waals surface area (Å²) < 4.78 is 7.41. The number of amides is 1. The van der Waals surface area contributed by atoms with Gasteiger partial charge in [0.15, 0.2) is 0 Å². The summed E-state index contributed by atoms with van der Waals surface area (Å²) in [5.41, 5.74) is 1.16. The highest BCUT2D eigenvalue weighted by atomic mass is 32.2. The van der Waals surface area contributed by atoms with Gasteiger partial charge in [-0.05, 0) is 42.0 Å². The molecule has 1 aromatic rings. The molecule has 2 N–H and O–H groups in total. The van der Waals surface area contributed by atoms with Crippen LogP contribution in [0.1, 0.15) is 25.8 Å². The van der Waals surface area contributed by atoms with Gasteiger partial charge in [0.05, 0.1) is 6.61 Å². The van der Waals surface area contributed by atoms with Gasteiger partial charge < -0.3 is 15.2 Å². The van der Waals surface area contributed by atoms with Crippen LogP contribution in [0, 0.1) is 5.92 Å². The second-order valence-electron chi connectivity index (χ2n) is 5.54. The quantitative estimate of drug-likeness (QED) is 0.509. The zero-order chi connectivity index (χ0) is 16.4. The fraction of sp³-hybridized carbons (Fsp3) is 0.562. The molecule has 22 heavy (non-hydrogen) atoms. The van der Waals surface area contributed by atoms with Gasteiger partial charge in [0.2, 0.25) is 0 Å². The van der Waals surface area contributed by atoms with Crippen LogP contribution in [0.4, 0.5) is 4.79 Å². The number of nitrogens with zero attached hydrogens (tertiary/aromatic N) is 1. The Bertz CT molecular complexity index is 438. The maximum absolute atomic E-state index is 10.5. The van der Waals surface area contributed by atoms with E-state index in [0.717, 1.165) is 25.1 Å². The first kappa shape index (κ1) is 18.8. The van der Waals surface area contributed by atoms with Crippen LogP contribution in [0.3, 0.4) is 0 Å². The summed E-state index contributed by atoms with van der Waals surface area (Å²) in [6.45, 7) is 7.30. The van der Waals surface area contributed by atoms with Crippen molar-refractivity contribution in [2.45, 2.75) is 31.8 Å². The number of rotatable bonds is 10. The minimum Gasteiger partial charge on any atom is -0.465 e. The number of nitrogens with one attached hydrogen (secondary N) is 1. The smallest absolute Gasteiger partial charge is 0.404 e. The molecule has 0 aliphatic carbocycles. The van der Waals surface area contributed by atoms with E-state index in [0.29, 0.717) is 19.1 Å². The molecule has 0 fully saturated rings. The van der Waals surface area contributed by atoms with Crippen LogP contribution in [-0.4, -0.2) is 42.2 Å². The van der Waals surface area contributed by atoms with Crippen LogP contribution >= 0.6 is 11.9 Å². The van der Waals surface area contributed by atoms with E-state index in [-0.39, 0.29) is 0 Å². The third-order valence-corrected chi connectivity index (χ3v) is 3.97. The predicted octanol–water partition coefficient (Wildman–Crippen LogP) is 3.46. The molecule has 0 unspecified atom stereocenters. The maximum Gasteiger partial charge on any atom is 0.404 e. The lowest BCUT2D eigenvalue weighted by molar-refractivity contribution is 0.185. The van der Waals surface area contributed by atoms with Gasteiger partial charge in [-0.3, -0.25) is 0 Å². The number of benzene rings is 1. The second-order valence-corrected chi connectivity index (χ2v) is 6.71. The van der Waals surface area contributed by atoms with Gasteiger partial charge in [-0.15, -0.1) is 0 Å². The Balaban J connectivity index is 2.50. The first-order valence-electron chi connectivity index (χ1n) is 7.49. The molecule has 1 amide bonds. The first-order valence-corrected chi connectivity index (χ1v) is 8.26. The average Bonchev–Trinajstić information content (AvgIpc) is 2.45. The summed E-state index contributed by atoms with van der Waals surface area (Å²) >= 11 is 1.72. The Kier molecular flexibility index (Phi) is 8.96. The van der Waals surface area contributed by atoms with E-state index in [4.69, 9.17) is 9.84 Å². The van der Waals surface area contributed by atoms with E-state index in [9.17, 15) is 4.79 Å². The van der Waals surface area contributed by atoms with Crippen LogP contribution in [-0.2, 0) is 11.3 Å². The Morgan fingerprint density at radius 3 is 2.59 bits per heavy atom. The minimum atomic E-state index is -0.961. The molecular weight excluding hydrogens is 300 g/mol. The standard InChI is InChI=1S/C16H26N2O3S/c1-13(2)11-18(10-4-9-17-16(19)20)22-15-7-5-14(6-8-15)12-21-3/h5-8,13,17H,4,9-12H2,1-3H3,(H,19,20). The minimum absolute atomic E-state index is 0.483. The molecule has 0 saturated heterocycles. The van der Waals surface area contributed by atoms with Gasteiger partial charge in [0, 0.05) is 31.6 Å². The summed E-state index contributed by atoms with van der Waals surface area (Å²) in [6, 6.07) is 8.35. The largest absolute Gasteiger partial charge is 0.465 e. The van der Waals surface area contributed by atoms with Crippen molar-refractivity contribution in [1.29, 1.82) is 0 Å². The Morgan fingerprint density at radius 2 is 2.05 bits per heavy atom. The first-order chi connectivity index (χ1) is 10.5. The SMILES string of the molecule is COCc1ccc(SN(CCCNC(=O)O)CC(C)C)cc1. The molecule has 0 heterocycles. The van der Waals surface area contributed by atoms with Crippen molar-refractivity contribution >= 4 is 18.0 Å². The van der Waals surface area contributed by atoms with E-state index < -0.39 is 6.09 Å². The summed E-state index contributed by atoms with van der Waals surface area (Å²) in [7, 11) is 1.69. The molecule has 5 nitrogen and oxygen atoms in total. The topological polar surface area (TPSA) is 61.8 Å². The Labute approximate surface area is 137 Å². The molecule has 1 rings (SSSR count). The fourth-order valence-corrected chi connectivity index (χ4v) is 3.14. The van der Waals surface area contributed by atoms with E-state index in [1.165, 1.54) is 4.90 Å². The van der Waals surface area contributed by atoms with Crippen molar-refractivity contribution in [2.75, 3.05) is 26.7 Å². The zero-order valence-electron chi connectivity index (χ0n) is 13.5. The number of hydrogen-bond acceptors (Lipinski definition) is 4. The summed E-state index contributed by atoms with van der Waals surface area (Å²) in [6.07, 6.45) is -0.162. The normalized spacial score (nSPS) is 11.1. The van der Waals surface area contributed by atoms with E-state index in [1.807, 2.05) is 0 Å². The molecular formula is C16H26N2O3S. The average molecular weight is 326 g/mol. The molecule has 6 heteroatoms. The van der Waals surface area contributed by atoms with E-state index in [1.54, 1.807) is 19.1 Å². The Morgan fingerprint density at radius 1 is 1.36 bits per heavy atom. The number of ether oxygens (including phenoxy) is 1. The van der Waals surface area contributed by atoms with Crippen molar-refractivity contribution < 1.29 is 14.6 Å². The molecule has 0 aliphatic rings. The van der Waals surface area contributed by atoms with E-state index in [2.05, 4.69) is 47.7 Å². The highest BCUT2D eigenvalue weighted by Crippen LogP contribution is 2.24. The number of methoxy groups -OCH3 is 1. The molecule has 0 aromatic heterocycles. The van der Waals surface area contributed by atoms with E-state index >= 15 is 0 Å². The van der Waals surface area contributed by atoms with Crippen LogP contribution in [0.5, 0.6) is 0 Å². The van der Waals surface area contributed by atoms with Crippen molar-refractivity contribution in [3.63, 3.8) is 0 Å². The molecule has 0 spiro atoms. The lowest BCUT2D eigenvalue weighted by atomic mass is 10.2. The number of hydrogen-bond donors (Lipinski definition) is 2. The van der Waals surface area contributed by atoms with Crippen LogP contribution in [0.2, 0.25) is 0 Å². The van der Waals surface area contributed by atoms with Gasteiger partial charge in [-0.25, -0.2) is 9.10 Å². The van der Waals surface area contributed by atoms with Gasteiger partial charge in [-0.1, -0.05) is 26.0 Å². The van der Waals surface area contributed by atoms with Crippen molar-refractivity contribution in [3.05, 3.63) is 29.8 Å². The van der Waals surface area contributed by atoms with Crippen molar-refractivity contribution in [1.82, 2.24) is 9.62 Å². The van der Waals surface area contributed by atoms with Crippen LogP contribution < -0.4 is 5.32 Å². The highest BCUT2D eigenvalue weighted by molar-refractivity contribution is 7.97. The number of carbonyl (C=O) groups is 1. The van der Waals surface area contributed by atoms with Crippen LogP contribution in [0.25, 0.3) is 0 Å². The molecule has 0 atom stereocenters. The van der Waals surface area contributed by atoms with Gasteiger partial charge in [-0.2, -0.15) is 0 Å². The molecule has 0 saturated carbocycles. The lowest BCUT2D eigenvalue weighted by Gasteiger charge is -2.23. The molecule has 124 valence electrons. The fourth-order valence-electron chi connectivity index (χ4n) is 1.99. The molecule has 0 bridgehead atoms. The summed E-state index contributed by atoms with van der Waals surface area (Å²) in [4.78, 5) is 11.6. The zero-order valence-corrected chi connectivity index (χ0v) is 14.4.